The predicted molar refractivity (Wildman–Crippen MR) is 90.8 cm³/mol. The van der Waals surface area contributed by atoms with E-state index in [1.807, 2.05) is 16.4 Å². The molecule has 0 aliphatic carbocycles. The molecule has 0 aromatic carbocycles. The molecule has 3 heterocycles. The lowest BCUT2D eigenvalue weighted by Crippen LogP contribution is -2.31. The van der Waals surface area contributed by atoms with E-state index < -0.39 is 0 Å². The Balaban J connectivity index is 0.00000176. The van der Waals surface area contributed by atoms with Crippen LogP contribution in [-0.4, -0.2) is 52.0 Å². The van der Waals surface area contributed by atoms with E-state index in [0.29, 0.717) is 17.7 Å². The van der Waals surface area contributed by atoms with Gasteiger partial charge in [0, 0.05) is 6.54 Å². The van der Waals surface area contributed by atoms with E-state index >= 15 is 0 Å². The second kappa shape index (κ2) is 8.74. The monoisotopic (exact) mass is 345 g/mol. The Morgan fingerprint density at radius 1 is 1.32 bits per heavy atom. The first kappa shape index (κ1) is 17.6. The minimum absolute atomic E-state index is 0. The Morgan fingerprint density at radius 3 is 2.77 bits per heavy atom. The number of nitrogens with zero attached hydrogens (tertiary/aromatic N) is 3. The molecular weight excluding hydrogens is 322 g/mol. The number of rotatable bonds is 4. The number of amides is 1. The Hall–Kier alpha value is -0.790. The van der Waals surface area contributed by atoms with Crippen LogP contribution in [-0.2, 0) is 0 Å². The Bertz CT molecular complexity index is 472. The third-order valence-electron chi connectivity index (χ3n) is 4.32. The fraction of sp³-hybridized carbons (Fsp3) is 0.786. The third kappa shape index (κ3) is 4.60. The van der Waals surface area contributed by atoms with Gasteiger partial charge in [-0.2, -0.15) is 11.8 Å². The summed E-state index contributed by atoms with van der Waals surface area (Å²) < 4.78 is 1.85. The van der Waals surface area contributed by atoms with Gasteiger partial charge < -0.3 is 10.6 Å². The molecule has 124 valence electrons. The highest BCUT2D eigenvalue weighted by Crippen LogP contribution is 2.22. The zero-order valence-corrected chi connectivity index (χ0v) is 14.3. The molecule has 2 aliphatic heterocycles. The summed E-state index contributed by atoms with van der Waals surface area (Å²) >= 11 is 2.00. The van der Waals surface area contributed by atoms with Crippen molar-refractivity contribution in [2.24, 2.45) is 5.92 Å². The molecule has 3 rings (SSSR count). The molecule has 1 aromatic heterocycles. The molecule has 2 aliphatic rings. The molecule has 0 spiro atoms. The number of halogens is 1. The predicted octanol–water partition coefficient (Wildman–Crippen LogP) is 1.50. The first-order valence-corrected chi connectivity index (χ1v) is 8.97. The second-order valence-corrected chi connectivity index (χ2v) is 7.06. The average Bonchev–Trinajstić information content (AvgIpc) is 3.04. The lowest BCUT2D eigenvalue weighted by Gasteiger charge is -2.22. The van der Waals surface area contributed by atoms with Crippen molar-refractivity contribution in [3.8, 4) is 0 Å². The maximum atomic E-state index is 12.1. The minimum atomic E-state index is -0.0894. The average molecular weight is 346 g/mol. The van der Waals surface area contributed by atoms with Gasteiger partial charge in [0.2, 0.25) is 0 Å². The van der Waals surface area contributed by atoms with Crippen LogP contribution in [0.3, 0.4) is 0 Å². The largest absolute Gasteiger partial charge is 0.350 e. The molecular formula is C14H24ClN5OS. The van der Waals surface area contributed by atoms with Crippen LogP contribution in [0.2, 0.25) is 0 Å². The standard InChI is InChI=1S/C14H23N5OS.ClH/c20-14(16-9-11-3-7-21-8-4-11)13-10-19(18-17-13)12-1-5-15-6-2-12;/h10-12,15H,1-9H2,(H,16,20);1H. The van der Waals surface area contributed by atoms with E-state index in [1.165, 1.54) is 24.3 Å². The maximum Gasteiger partial charge on any atom is 0.273 e. The van der Waals surface area contributed by atoms with Crippen molar-refractivity contribution in [1.82, 2.24) is 25.6 Å². The zero-order chi connectivity index (χ0) is 14.5. The van der Waals surface area contributed by atoms with Crippen LogP contribution in [0, 0.1) is 5.92 Å². The number of piperidine rings is 1. The van der Waals surface area contributed by atoms with Crippen molar-refractivity contribution in [3.05, 3.63) is 11.9 Å². The van der Waals surface area contributed by atoms with Crippen LogP contribution in [0.25, 0.3) is 0 Å². The number of carbonyl (C=O) groups is 1. The summed E-state index contributed by atoms with van der Waals surface area (Å²) in [6.07, 6.45) is 6.29. The highest BCUT2D eigenvalue weighted by molar-refractivity contribution is 7.99. The SMILES string of the molecule is Cl.O=C(NCC1CCSCC1)c1cn(C2CCNCC2)nn1. The fourth-order valence-electron chi connectivity index (χ4n) is 2.91. The van der Waals surface area contributed by atoms with Gasteiger partial charge in [-0.05, 0) is 56.2 Å². The van der Waals surface area contributed by atoms with E-state index in [-0.39, 0.29) is 18.3 Å². The molecule has 0 bridgehead atoms. The first-order chi connectivity index (χ1) is 10.3. The fourth-order valence-corrected chi connectivity index (χ4v) is 4.11. The van der Waals surface area contributed by atoms with E-state index in [9.17, 15) is 4.79 Å². The van der Waals surface area contributed by atoms with Gasteiger partial charge in [-0.15, -0.1) is 17.5 Å². The van der Waals surface area contributed by atoms with Crippen LogP contribution in [0.1, 0.15) is 42.2 Å². The van der Waals surface area contributed by atoms with Crippen LogP contribution in [0.5, 0.6) is 0 Å². The van der Waals surface area contributed by atoms with E-state index in [1.54, 1.807) is 6.20 Å². The molecule has 6 nitrogen and oxygen atoms in total. The van der Waals surface area contributed by atoms with Crippen molar-refractivity contribution in [3.63, 3.8) is 0 Å². The Kier molecular flexibility index (Phi) is 6.98. The molecule has 2 fully saturated rings. The zero-order valence-electron chi connectivity index (χ0n) is 12.7. The topological polar surface area (TPSA) is 71.8 Å². The minimum Gasteiger partial charge on any atom is -0.350 e. The van der Waals surface area contributed by atoms with Gasteiger partial charge in [0.05, 0.1) is 12.2 Å². The van der Waals surface area contributed by atoms with Gasteiger partial charge >= 0.3 is 0 Å². The molecule has 22 heavy (non-hydrogen) atoms. The summed E-state index contributed by atoms with van der Waals surface area (Å²) in [5, 5.41) is 14.5. The number of thioether (sulfide) groups is 1. The lowest BCUT2D eigenvalue weighted by molar-refractivity contribution is 0.0941. The number of aromatic nitrogens is 3. The van der Waals surface area contributed by atoms with Crippen molar-refractivity contribution >= 4 is 30.1 Å². The van der Waals surface area contributed by atoms with E-state index in [2.05, 4.69) is 20.9 Å². The van der Waals surface area contributed by atoms with Gasteiger partial charge in [-0.25, -0.2) is 4.68 Å². The van der Waals surface area contributed by atoms with Crippen molar-refractivity contribution in [2.75, 3.05) is 31.1 Å². The van der Waals surface area contributed by atoms with Gasteiger partial charge in [0.1, 0.15) is 0 Å². The number of carbonyl (C=O) groups excluding carboxylic acids is 1. The normalized spacial score (nSPS) is 20.4. The van der Waals surface area contributed by atoms with Crippen LogP contribution < -0.4 is 10.6 Å². The smallest absolute Gasteiger partial charge is 0.273 e. The number of hydrogen-bond acceptors (Lipinski definition) is 5. The van der Waals surface area contributed by atoms with E-state index in [0.717, 1.165) is 32.5 Å². The summed E-state index contributed by atoms with van der Waals surface area (Å²) in [6.45, 7) is 2.77. The van der Waals surface area contributed by atoms with E-state index in [4.69, 9.17) is 0 Å². The summed E-state index contributed by atoms with van der Waals surface area (Å²) in [5.74, 6) is 2.96. The Morgan fingerprint density at radius 2 is 2.05 bits per heavy atom. The Labute approximate surface area is 141 Å². The molecule has 0 atom stereocenters. The van der Waals surface area contributed by atoms with Crippen LogP contribution in [0.15, 0.2) is 6.20 Å². The maximum absolute atomic E-state index is 12.1. The van der Waals surface area contributed by atoms with Crippen molar-refractivity contribution in [1.29, 1.82) is 0 Å². The summed E-state index contributed by atoms with van der Waals surface area (Å²) in [6, 6.07) is 0.371. The molecule has 8 heteroatoms. The molecule has 0 radical (unpaired) electrons. The van der Waals surface area contributed by atoms with Crippen molar-refractivity contribution in [2.45, 2.75) is 31.7 Å². The lowest BCUT2D eigenvalue weighted by atomic mass is 10.0. The van der Waals surface area contributed by atoms with Crippen LogP contribution >= 0.6 is 24.2 Å². The van der Waals surface area contributed by atoms with Gasteiger partial charge in [0.15, 0.2) is 5.69 Å². The molecule has 2 N–H and O–H groups in total. The highest BCUT2D eigenvalue weighted by Gasteiger charge is 2.20. The van der Waals surface area contributed by atoms with Gasteiger partial charge in [-0.1, -0.05) is 5.21 Å². The number of hydrogen-bond donors (Lipinski definition) is 2. The van der Waals surface area contributed by atoms with Gasteiger partial charge in [0.25, 0.3) is 5.91 Å². The molecule has 1 aromatic rings. The molecule has 2 saturated heterocycles. The van der Waals surface area contributed by atoms with Gasteiger partial charge in [-0.3, -0.25) is 4.79 Å². The second-order valence-electron chi connectivity index (χ2n) is 5.83. The molecule has 0 saturated carbocycles. The third-order valence-corrected chi connectivity index (χ3v) is 5.37. The van der Waals surface area contributed by atoms with Crippen LogP contribution in [0.4, 0.5) is 0 Å². The first-order valence-electron chi connectivity index (χ1n) is 7.81. The number of nitrogens with one attached hydrogen (secondary N) is 2. The van der Waals surface area contributed by atoms with Crippen molar-refractivity contribution < 1.29 is 4.79 Å². The molecule has 0 unspecified atom stereocenters. The summed E-state index contributed by atoms with van der Waals surface area (Å²) in [5.41, 5.74) is 0.443. The summed E-state index contributed by atoms with van der Waals surface area (Å²) in [7, 11) is 0. The molecule has 1 amide bonds. The quantitative estimate of drug-likeness (QED) is 0.865. The summed E-state index contributed by atoms with van der Waals surface area (Å²) in [4.78, 5) is 12.1. The highest BCUT2D eigenvalue weighted by atomic mass is 35.5.